The highest BCUT2D eigenvalue weighted by Gasteiger charge is 2.26. The van der Waals surface area contributed by atoms with Gasteiger partial charge in [0, 0.05) is 34.0 Å². The van der Waals surface area contributed by atoms with E-state index in [9.17, 15) is 19.2 Å². The van der Waals surface area contributed by atoms with Crippen molar-refractivity contribution in [1.82, 2.24) is 10.6 Å². The van der Waals surface area contributed by atoms with Crippen molar-refractivity contribution in [3.63, 3.8) is 0 Å². The molecule has 2 atom stereocenters. The van der Waals surface area contributed by atoms with Gasteiger partial charge in [-0.1, -0.05) is 47.6 Å². The Morgan fingerprint density at radius 2 is 1.20 bits per heavy atom. The Morgan fingerprint density at radius 3 is 1.74 bits per heavy atom. The van der Waals surface area contributed by atoms with Gasteiger partial charge in [-0.25, -0.2) is 0 Å². The highest BCUT2D eigenvalue weighted by molar-refractivity contribution is 6.37. The van der Waals surface area contributed by atoms with Gasteiger partial charge in [0.05, 0.1) is 17.1 Å². The Kier molecular flexibility index (Phi) is 10.1. The number of benzene rings is 2. The Balaban J connectivity index is 0.000000196. The summed E-state index contributed by atoms with van der Waals surface area (Å²) in [5.74, 6) is -0.283. The molecular formula is C26H27Cl3N2O4. The van der Waals surface area contributed by atoms with E-state index in [0.29, 0.717) is 51.9 Å². The van der Waals surface area contributed by atoms with Crippen LogP contribution in [-0.4, -0.2) is 35.5 Å². The number of hydrogen-bond donors (Lipinski definition) is 2. The first-order valence-electron chi connectivity index (χ1n) is 11.6. The normalized spacial score (nSPS) is 20.3. The number of halogens is 3. The molecule has 35 heavy (non-hydrogen) atoms. The second kappa shape index (κ2) is 13.1. The van der Waals surface area contributed by atoms with E-state index in [-0.39, 0.29) is 29.4 Å². The number of nitrogens with one attached hydrogen (secondary N) is 2. The third-order valence-electron chi connectivity index (χ3n) is 5.92. The molecule has 0 bridgehead atoms. The second-order valence-corrected chi connectivity index (χ2v) is 9.87. The maximum Gasteiger partial charge on any atom is 0.220 e. The van der Waals surface area contributed by atoms with E-state index in [2.05, 4.69) is 10.6 Å². The van der Waals surface area contributed by atoms with E-state index < -0.39 is 6.04 Å². The minimum absolute atomic E-state index is 0.0306. The predicted octanol–water partition coefficient (Wildman–Crippen LogP) is 5.82. The van der Waals surface area contributed by atoms with E-state index in [4.69, 9.17) is 34.8 Å². The predicted molar refractivity (Wildman–Crippen MR) is 137 cm³/mol. The molecule has 9 heteroatoms. The van der Waals surface area contributed by atoms with Gasteiger partial charge in [0.15, 0.2) is 11.6 Å². The Bertz CT molecular complexity index is 1090. The van der Waals surface area contributed by atoms with Crippen molar-refractivity contribution < 1.29 is 19.2 Å². The van der Waals surface area contributed by atoms with E-state index in [1.54, 1.807) is 36.4 Å². The summed E-state index contributed by atoms with van der Waals surface area (Å²) in [5.41, 5.74) is 1.01. The third-order valence-corrected chi connectivity index (χ3v) is 6.72. The van der Waals surface area contributed by atoms with Crippen LogP contribution in [0.25, 0.3) is 0 Å². The molecule has 2 N–H and O–H groups in total. The van der Waals surface area contributed by atoms with Crippen LogP contribution in [0.4, 0.5) is 0 Å². The molecule has 0 aromatic heterocycles. The molecule has 2 unspecified atom stereocenters. The minimum Gasteiger partial charge on any atom is -0.346 e. The van der Waals surface area contributed by atoms with Crippen molar-refractivity contribution in [3.8, 4) is 0 Å². The summed E-state index contributed by atoms with van der Waals surface area (Å²) in [4.78, 5) is 47.3. The smallest absolute Gasteiger partial charge is 0.220 e. The molecule has 2 aromatic carbocycles. The van der Waals surface area contributed by atoms with Crippen molar-refractivity contribution in [2.45, 2.75) is 63.5 Å². The van der Waals surface area contributed by atoms with E-state index >= 15 is 0 Å². The second-order valence-electron chi connectivity index (χ2n) is 8.59. The zero-order valence-corrected chi connectivity index (χ0v) is 21.4. The molecule has 2 aliphatic heterocycles. The summed E-state index contributed by atoms with van der Waals surface area (Å²) in [7, 11) is 0. The fourth-order valence-electron chi connectivity index (χ4n) is 4.03. The average Bonchev–Trinajstić information content (AvgIpc) is 3.18. The Morgan fingerprint density at radius 1 is 0.686 bits per heavy atom. The van der Waals surface area contributed by atoms with Crippen molar-refractivity contribution in [3.05, 3.63) is 68.7 Å². The van der Waals surface area contributed by atoms with Crippen molar-refractivity contribution >= 4 is 58.2 Å². The molecule has 2 heterocycles. The monoisotopic (exact) mass is 536 g/mol. The number of Topliss-reactive ketones (excluding diaryl/α,β-unsaturated/α-hetero) is 2. The number of ketones is 2. The molecule has 2 fully saturated rings. The quantitative estimate of drug-likeness (QED) is 0.481. The standard InChI is InChI=1S/C13H13Cl2NO2.C13H14ClNO2/c14-8-5-6-9(10(15)7-8)13(18)11-3-1-2-4-12(17)16-11;14-10-7-5-9(6-8-10)13(17)11-3-1-2-4-12(16)15-11/h5-7,11H,1-4H2,(H,16,17);5-8,11H,1-4H2,(H,15,16). The Labute approximate surface area is 219 Å². The molecule has 0 spiro atoms. The zero-order chi connectivity index (χ0) is 25.4. The van der Waals surface area contributed by atoms with Gasteiger partial charge in [0.1, 0.15) is 0 Å². The van der Waals surface area contributed by atoms with Gasteiger partial charge in [-0.15, -0.1) is 0 Å². The van der Waals surface area contributed by atoms with Crippen LogP contribution < -0.4 is 10.6 Å². The highest BCUT2D eigenvalue weighted by Crippen LogP contribution is 2.24. The number of amides is 2. The van der Waals surface area contributed by atoms with Crippen LogP contribution in [0, 0.1) is 0 Å². The lowest BCUT2D eigenvalue weighted by Gasteiger charge is -2.15. The molecule has 186 valence electrons. The highest BCUT2D eigenvalue weighted by atomic mass is 35.5. The largest absolute Gasteiger partial charge is 0.346 e. The molecule has 0 aliphatic carbocycles. The zero-order valence-electron chi connectivity index (χ0n) is 19.1. The molecule has 2 saturated heterocycles. The van der Waals surface area contributed by atoms with Gasteiger partial charge >= 0.3 is 0 Å². The van der Waals surface area contributed by atoms with Gasteiger partial charge in [-0.05, 0) is 68.1 Å². The maximum absolute atomic E-state index is 12.3. The lowest BCUT2D eigenvalue weighted by molar-refractivity contribution is -0.122. The fourth-order valence-corrected chi connectivity index (χ4v) is 4.66. The van der Waals surface area contributed by atoms with Crippen LogP contribution in [0.2, 0.25) is 15.1 Å². The van der Waals surface area contributed by atoms with Crippen molar-refractivity contribution in [2.75, 3.05) is 0 Å². The fraction of sp³-hybridized carbons (Fsp3) is 0.385. The third kappa shape index (κ3) is 8.06. The molecule has 0 radical (unpaired) electrons. The van der Waals surface area contributed by atoms with Crippen LogP contribution in [0.1, 0.15) is 72.1 Å². The van der Waals surface area contributed by atoms with Crippen LogP contribution in [-0.2, 0) is 9.59 Å². The summed E-state index contributed by atoms with van der Waals surface area (Å²) in [6, 6.07) is 10.7. The molecule has 2 amide bonds. The van der Waals surface area contributed by atoms with Crippen molar-refractivity contribution in [1.29, 1.82) is 0 Å². The topological polar surface area (TPSA) is 92.3 Å². The first-order valence-corrected chi connectivity index (χ1v) is 12.8. The van der Waals surface area contributed by atoms with E-state index in [1.165, 1.54) is 6.07 Å². The van der Waals surface area contributed by atoms with Crippen LogP contribution in [0.15, 0.2) is 42.5 Å². The summed E-state index contributed by atoms with van der Waals surface area (Å²) in [5, 5.41) is 6.92. The number of carbonyl (C=O) groups is 4. The minimum atomic E-state index is -0.473. The Hall–Kier alpha value is -2.41. The van der Waals surface area contributed by atoms with Gasteiger partial charge in [-0.2, -0.15) is 0 Å². The maximum atomic E-state index is 12.3. The summed E-state index contributed by atoms with van der Waals surface area (Å²) >= 11 is 17.6. The first kappa shape index (κ1) is 27.2. The van der Waals surface area contributed by atoms with Gasteiger partial charge in [-0.3, -0.25) is 19.2 Å². The van der Waals surface area contributed by atoms with Gasteiger partial charge in [0.25, 0.3) is 0 Å². The first-order chi connectivity index (χ1) is 16.7. The molecule has 4 rings (SSSR count). The lowest BCUT2D eigenvalue weighted by Crippen LogP contribution is -2.39. The van der Waals surface area contributed by atoms with Crippen molar-refractivity contribution in [2.24, 2.45) is 0 Å². The van der Waals surface area contributed by atoms with E-state index in [1.807, 2.05) is 0 Å². The number of carbonyl (C=O) groups excluding carboxylic acids is 4. The molecular weight excluding hydrogens is 511 g/mol. The van der Waals surface area contributed by atoms with E-state index in [0.717, 1.165) is 25.7 Å². The van der Waals surface area contributed by atoms with Gasteiger partial charge in [0.2, 0.25) is 11.8 Å². The van der Waals surface area contributed by atoms with Crippen LogP contribution in [0.5, 0.6) is 0 Å². The molecule has 0 saturated carbocycles. The summed E-state index contributed by atoms with van der Waals surface area (Å²) < 4.78 is 0. The van der Waals surface area contributed by atoms with Gasteiger partial charge < -0.3 is 10.6 Å². The van der Waals surface area contributed by atoms with Crippen LogP contribution in [0.3, 0.4) is 0 Å². The number of hydrogen-bond acceptors (Lipinski definition) is 4. The summed E-state index contributed by atoms with van der Waals surface area (Å²) in [6.45, 7) is 0. The van der Waals surface area contributed by atoms with Crippen LogP contribution >= 0.6 is 34.8 Å². The lowest BCUT2D eigenvalue weighted by atomic mass is 10.0. The molecule has 2 aromatic rings. The average molecular weight is 538 g/mol. The molecule has 2 aliphatic rings. The SMILES string of the molecule is O=C1CCCCC(C(=O)c2ccc(Cl)cc2)N1.O=C1CCCCC(C(=O)c2ccc(Cl)cc2Cl)N1. The summed E-state index contributed by atoms with van der Waals surface area (Å²) in [6.07, 6.45) is 5.82. The number of rotatable bonds is 4. The molecule has 6 nitrogen and oxygen atoms in total.